The fraction of sp³-hybridized carbons (Fsp3) is 0.808. The minimum atomic E-state index is -5.20. The molecule has 0 radical (unpaired) electrons. The second-order valence-corrected chi connectivity index (χ2v) is 13.0. The molecule has 3 fully saturated rings. The maximum Gasteiger partial charge on any atom is 0.471 e. The van der Waals surface area contributed by atoms with Gasteiger partial charge in [-0.25, -0.2) is 0 Å². The summed E-state index contributed by atoms with van der Waals surface area (Å²) < 4.78 is 39.2. The van der Waals surface area contributed by atoms with Crippen LogP contribution >= 0.6 is 0 Å². The number of amides is 5. The van der Waals surface area contributed by atoms with Gasteiger partial charge in [-0.15, -0.1) is 0 Å². The largest absolute Gasteiger partial charge is 0.471 e. The number of hydrogen-bond donors (Lipinski definition) is 4. The normalized spacial score (nSPS) is 27.7. The Morgan fingerprint density at radius 1 is 1.15 bits per heavy atom. The van der Waals surface area contributed by atoms with Crippen molar-refractivity contribution in [2.75, 3.05) is 27.2 Å². The molecule has 40 heavy (non-hydrogen) atoms. The molecule has 5 amide bonds. The van der Waals surface area contributed by atoms with E-state index in [0.717, 1.165) is 4.90 Å². The Labute approximate surface area is 231 Å². The number of aliphatic hydroxyl groups excluding tert-OH is 1. The van der Waals surface area contributed by atoms with E-state index in [0.29, 0.717) is 13.0 Å². The van der Waals surface area contributed by atoms with E-state index in [2.05, 4.69) is 10.6 Å². The number of fused-ring (bicyclic) bond motifs is 1. The van der Waals surface area contributed by atoms with E-state index >= 15 is 0 Å². The van der Waals surface area contributed by atoms with Crippen LogP contribution in [-0.4, -0.2) is 102 Å². The molecule has 3 rings (SSSR count). The van der Waals surface area contributed by atoms with E-state index < -0.39 is 65.4 Å². The molecule has 3 aliphatic rings. The van der Waals surface area contributed by atoms with Crippen LogP contribution in [0.2, 0.25) is 0 Å². The highest BCUT2D eigenvalue weighted by atomic mass is 19.4. The number of nitrogens with one attached hydrogen (secondary N) is 3. The molecule has 1 unspecified atom stereocenters. The van der Waals surface area contributed by atoms with Crippen LogP contribution in [0.1, 0.15) is 47.5 Å². The summed E-state index contributed by atoms with van der Waals surface area (Å²) in [6.07, 6.45) is -6.45. The van der Waals surface area contributed by atoms with Gasteiger partial charge >= 0.3 is 12.1 Å². The second kappa shape index (κ2) is 10.8. The predicted molar refractivity (Wildman–Crippen MR) is 136 cm³/mol. The van der Waals surface area contributed by atoms with Crippen LogP contribution in [0.4, 0.5) is 13.2 Å². The van der Waals surface area contributed by atoms with Gasteiger partial charge in [0.2, 0.25) is 17.7 Å². The van der Waals surface area contributed by atoms with Crippen molar-refractivity contribution < 1.29 is 42.3 Å². The van der Waals surface area contributed by atoms with Crippen molar-refractivity contribution in [1.82, 2.24) is 25.8 Å². The number of alkyl halides is 3. The highest BCUT2D eigenvalue weighted by Crippen LogP contribution is 2.65. The van der Waals surface area contributed by atoms with Gasteiger partial charge in [0, 0.05) is 33.1 Å². The smallest absolute Gasteiger partial charge is 0.381 e. The first kappa shape index (κ1) is 31.6. The maximum absolute atomic E-state index is 13.8. The van der Waals surface area contributed by atoms with Crippen LogP contribution in [-0.2, 0) is 24.0 Å². The third-order valence-corrected chi connectivity index (χ3v) is 8.51. The average molecular weight is 576 g/mol. The maximum atomic E-state index is 13.8. The number of piperidine rings is 1. The summed E-state index contributed by atoms with van der Waals surface area (Å²) in [5.41, 5.74) is -1.46. The Morgan fingerprint density at radius 2 is 1.75 bits per heavy atom. The molecular formula is C26H40F3N5O6. The number of likely N-dealkylation sites (N-methyl/N-ethyl adjacent to an activating group) is 1. The Morgan fingerprint density at radius 3 is 2.23 bits per heavy atom. The molecule has 1 saturated carbocycles. The first-order valence-corrected chi connectivity index (χ1v) is 13.3. The lowest BCUT2D eigenvalue weighted by molar-refractivity contribution is -0.176. The molecule has 226 valence electrons. The van der Waals surface area contributed by atoms with Crippen molar-refractivity contribution in [3.63, 3.8) is 0 Å². The van der Waals surface area contributed by atoms with Crippen molar-refractivity contribution in [1.29, 1.82) is 0 Å². The van der Waals surface area contributed by atoms with Gasteiger partial charge in [-0.2, -0.15) is 13.2 Å². The first-order valence-electron chi connectivity index (χ1n) is 13.3. The van der Waals surface area contributed by atoms with Crippen LogP contribution in [0.15, 0.2) is 0 Å². The van der Waals surface area contributed by atoms with Gasteiger partial charge in [-0.1, -0.05) is 34.6 Å². The third kappa shape index (κ3) is 6.21. The van der Waals surface area contributed by atoms with Crippen LogP contribution in [0, 0.1) is 28.6 Å². The lowest BCUT2D eigenvalue weighted by Gasteiger charge is -2.38. The molecule has 7 atom stereocenters. The number of carbonyl (C=O) groups excluding carboxylic acids is 5. The molecular weight excluding hydrogens is 535 g/mol. The summed E-state index contributed by atoms with van der Waals surface area (Å²) in [6, 6.07) is -3.84. The fourth-order valence-electron chi connectivity index (χ4n) is 5.99. The molecule has 14 heteroatoms. The Bertz CT molecular complexity index is 1060. The van der Waals surface area contributed by atoms with Crippen molar-refractivity contribution in [2.24, 2.45) is 28.6 Å². The number of aliphatic hydroxyl groups is 1. The molecule has 2 saturated heterocycles. The summed E-state index contributed by atoms with van der Waals surface area (Å²) in [6.45, 7) is 8.88. The molecule has 1 aliphatic carbocycles. The summed E-state index contributed by atoms with van der Waals surface area (Å²) in [7, 11) is 2.87. The fourth-order valence-corrected chi connectivity index (χ4v) is 5.99. The number of rotatable bonds is 8. The minimum absolute atomic E-state index is 0.0251. The van der Waals surface area contributed by atoms with Crippen molar-refractivity contribution in [3.8, 4) is 0 Å². The Balaban J connectivity index is 1.90. The molecule has 0 aromatic heterocycles. The monoisotopic (exact) mass is 575 g/mol. The highest BCUT2D eigenvalue weighted by Gasteiger charge is 2.70. The van der Waals surface area contributed by atoms with Gasteiger partial charge in [0.1, 0.15) is 12.1 Å². The van der Waals surface area contributed by atoms with Gasteiger partial charge < -0.3 is 30.9 Å². The number of halogens is 3. The molecule has 11 nitrogen and oxygen atoms in total. The van der Waals surface area contributed by atoms with Gasteiger partial charge in [-0.3, -0.25) is 24.0 Å². The lowest BCUT2D eigenvalue weighted by Crippen LogP contribution is -2.62. The predicted octanol–water partition coefficient (Wildman–Crippen LogP) is 0.0227. The molecule has 0 spiro atoms. The number of nitrogens with zero attached hydrogens (tertiary/aromatic N) is 2. The van der Waals surface area contributed by atoms with E-state index in [1.165, 1.54) is 39.8 Å². The number of likely N-dealkylation sites (tertiary alicyclic amines) is 1. The van der Waals surface area contributed by atoms with Crippen LogP contribution in [0.5, 0.6) is 0 Å². The van der Waals surface area contributed by atoms with Gasteiger partial charge in [0.15, 0.2) is 6.10 Å². The molecule has 0 aromatic carbocycles. The van der Waals surface area contributed by atoms with Crippen molar-refractivity contribution >= 4 is 29.5 Å². The zero-order valence-corrected chi connectivity index (χ0v) is 23.9. The van der Waals surface area contributed by atoms with Crippen molar-refractivity contribution in [3.05, 3.63) is 0 Å². The first-order chi connectivity index (χ1) is 18.2. The van der Waals surface area contributed by atoms with Crippen molar-refractivity contribution in [2.45, 2.75) is 77.9 Å². The summed E-state index contributed by atoms with van der Waals surface area (Å²) in [5.74, 6) is -5.71. The zero-order valence-electron chi connectivity index (χ0n) is 23.9. The number of hydrogen-bond acceptors (Lipinski definition) is 6. The van der Waals surface area contributed by atoms with Gasteiger partial charge in [0.05, 0.1) is 6.04 Å². The average Bonchev–Trinajstić information content (AvgIpc) is 3.18. The lowest BCUT2D eigenvalue weighted by atomic mass is 9.85. The quantitative estimate of drug-likeness (QED) is 0.321. The van der Waals surface area contributed by atoms with E-state index in [-0.39, 0.29) is 36.1 Å². The van der Waals surface area contributed by atoms with Gasteiger partial charge in [-0.05, 0) is 35.5 Å². The molecule has 4 N–H and O–H groups in total. The third-order valence-electron chi connectivity index (χ3n) is 8.51. The topological polar surface area (TPSA) is 148 Å². The standard InChI is InChI=1S/C26H40F3N5O6/c1-24(2,3)18(32-23(40)26(27,28)29)22(39)34-11-13-15(25(13,4)5)16(34)20(37)31-14(17(35)21(38)33(6)7)10-12-8-9-30-19(12)36/h12-18,35H,8-11H2,1-7H3,(H,30,36)(H,31,37)(H,32,40)/t12-,13-,14-,15-,16-,17?,18+/m0/s1. The molecule has 2 aliphatic heterocycles. The van der Waals surface area contributed by atoms with E-state index in [4.69, 9.17) is 0 Å². The van der Waals surface area contributed by atoms with Crippen LogP contribution < -0.4 is 16.0 Å². The summed E-state index contributed by atoms with van der Waals surface area (Å²) in [5, 5.41) is 18.0. The van der Waals surface area contributed by atoms with Crippen LogP contribution in [0.3, 0.4) is 0 Å². The van der Waals surface area contributed by atoms with E-state index in [1.54, 1.807) is 5.32 Å². The molecule has 2 heterocycles. The van der Waals surface area contributed by atoms with E-state index in [9.17, 15) is 42.3 Å². The van der Waals surface area contributed by atoms with Crippen LogP contribution in [0.25, 0.3) is 0 Å². The number of carbonyl (C=O) groups is 5. The zero-order chi connectivity index (χ0) is 30.5. The summed E-state index contributed by atoms with van der Waals surface area (Å²) in [4.78, 5) is 66.4. The second-order valence-electron chi connectivity index (χ2n) is 13.0. The Hall–Kier alpha value is -2.90. The van der Waals surface area contributed by atoms with Gasteiger partial charge in [0.25, 0.3) is 5.91 Å². The minimum Gasteiger partial charge on any atom is -0.381 e. The molecule has 0 aromatic rings. The van der Waals surface area contributed by atoms with E-state index in [1.807, 2.05) is 13.8 Å². The molecule has 0 bridgehead atoms. The SMILES string of the molecule is CN(C)C(=O)C(O)[C@H](C[C@@H]1CCNC1=O)NC(=O)[C@@H]1[C@@H]2[C@H](CN1C(=O)[C@@H](NC(=O)C(F)(F)F)C(C)(C)C)C2(C)C. The Kier molecular flexibility index (Phi) is 8.56. The highest BCUT2D eigenvalue weighted by molar-refractivity contribution is 5.95. The summed E-state index contributed by atoms with van der Waals surface area (Å²) >= 11 is 0.